The van der Waals surface area contributed by atoms with Crippen LogP contribution >= 0.6 is 0 Å². The molecule has 0 saturated heterocycles. The third-order valence-corrected chi connectivity index (χ3v) is 7.50. The SMILES string of the molecule is CCCCC[C@H]1CC[C@H]([C@H]2CC[C@H](C(=O)Oc3ccc(OC(F)(F)C(F)(F)F)cc3)CC2)CC1. The van der Waals surface area contributed by atoms with Gasteiger partial charge < -0.3 is 9.47 Å². The number of benzene rings is 1. The molecular weight excluding hydrogens is 455 g/mol. The lowest BCUT2D eigenvalue weighted by Crippen LogP contribution is -2.41. The Morgan fingerprint density at radius 3 is 1.88 bits per heavy atom. The molecule has 0 spiro atoms. The lowest BCUT2D eigenvalue weighted by molar-refractivity contribution is -0.360. The fraction of sp³-hybridized carbons (Fsp3) is 0.731. The van der Waals surface area contributed by atoms with E-state index in [1.807, 2.05) is 0 Å². The van der Waals surface area contributed by atoms with E-state index in [0.717, 1.165) is 61.8 Å². The van der Waals surface area contributed by atoms with Crippen molar-refractivity contribution in [2.75, 3.05) is 0 Å². The fourth-order valence-corrected chi connectivity index (χ4v) is 5.44. The van der Waals surface area contributed by atoms with E-state index in [9.17, 15) is 26.7 Å². The number of ether oxygens (including phenoxy) is 2. The molecule has 2 aliphatic carbocycles. The molecule has 192 valence electrons. The standard InChI is InChI=1S/C26H35F5O3/c1-2-3-4-5-18-6-8-19(9-7-18)20-10-12-21(13-11-20)24(32)33-22-14-16-23(17-15-22)34-26(30,31)25(27,28)29/h14-21H,2-13H2,1H3/t18-,19-,20-,21-. The van der Waals surface area contributed by atoms with E-state index >= 15 is 0 Å². The summed E-state index contributed by atoms with van der Waals surface area (Å²) in [5.41, 5.74) is 0. The van der Waals surface area contributed by atoms with Gasteiger partial charge in [-0.25, -0.2) is 0 Å². The molecule has 2 aliphatic rings. The van der Waals surface area contributed by atoms with Crippen LogP contribution in [-0.2, 0) is 4.79 Å². The Bertz CT molecular complexity index is 762. The van der Waals surface area contributed by atoms with Gasteiger partial charge in [-0.05, 0) is 80.5 Å². The summed E-state index contributed by atoms with van der Waals surface area (Å²) in [6.45, 7) is 2.24. The topological polar surface area (TPSA) is 35.5 Å². The Morgan fingerprint density at radius 1 is 0.824 bits per heavy atom. The van der Waals surface area contributed by atoms with Crippen LogP contribution in [0.2, 0.25) is 0 Å². The average molecular weight is 491 g/mol. The maximum absolute atomic E-state index is 13.0. The van der Waals surface area contributed by atoms with Crippen molar-refractivity contribution in [2.24, 2.45) is 23.7 Å². The minimum Gasteiger partial charge on any atom is -0.426 e. The predicted molar refractivity (Wildman–Crippen MR) is 119 cm³/mol. The number of esters is 1. The number of halogens is 5. The smallest absolute Gasteiger partial charge is 0.426 e. The van der Waals surface area contributed by atoms with Gasteiger partial charge in [-0.2, -0.15) is 22.0 Å². The first-order valence-corrected chi connectivity index (χ1v) is 12.5. The van der Waals surface area contributed by atoms with E-state index in [4.69, 9.17) is 4.74 Å². The van der Waals surface area contributed by atoms with Crippen molar-refractivity contribution in [1.82, 2.24) is 0 Å². The Hall–Kier alpha value is -1.86. The normalized spacial score (nSPS) is 26.2. The number of carbonyl (C=O) groups is 1. The quantitative estimate of drug-likeness (QED) is 0.151. The number of carbonyl (C=O) groups excluding carboxylic acids is 1. The summed E-state index contributed by atoms with van der Waals surface area (Å²) in [7, 11) is 0. The summed E-state index contributed by atoms with van der Waals surface area (Å²) in [4.78, 5) is 12.5. The van der Waals surface area contributed by atoms with E-state index in [1.165, 1.54) is 51.4 Å². The fourth-order valence-electron chi connectivity index (χ4n) is 5.44. The zero-order valence-electron chi connectivity index (χ0n) is 19.7. The van der Waals surface area contributed by atoms with Gasteiger partial charge in [-0.1, -0.05) is 45.4 Å². The molecule has 0 radical (unpaired) electrons. The molecule has 34 heavy (non-hydrogen) atoms. The summed E-state index contributed by atoms with van der Waals surface area (Å²) in [5.74, 6) is 1.12. The highest BCUT2D eigenvalue weighted by Crippen LogP contribution is 2.43. The van der Waals surface area contributed by atoms with E-state index in [2.05, 4.69) is 11.7 Å². The van der Waals surface area contributed by atoms with E-state index < -0.39 is 18.0 Å². The van der Waals surface area contributed by atoms with Gasteiger partial charge in [-0.15, -0.1) is 0 Å². The first-order valence-electron chi connectivity index (χ1n) is 12.5. The maximum Gasteiger partial charge on any atom is 0.499 e. The van der Waals surface area contributed by atoms with Gasteiger partial charge in [-0.3, -0.25) is 4.79 Å². The van der Waals surface area contributed by atoms with Gasteiger partial charge in [0.15, 0.2) is 0 Å². The highest BCUT2D eigenvalue weighted by Gasteiger charge is 2.61. The molecule has 0 amide bonds. The third-order valence-electron chi connectivity index (χ3n) is 7.50. The van der Waals surface area contributed by atoms with Gasteiger partial charge >= 0.3 is 18.3 Å². The van der Waals surface area contributed by atoms with E-state index in [1.54, 1.807) is 0 Å². The Labute approximate surface area is 198 Å². The highest BCUT2D eigenvalue weighted by atomic mass is 19.4. The van der Waals surface area contributed by atoms with Gasteiger partial charge in [0.05, 0.1) is 5.92 Å². The number of alkyl halides is 5. The third kappa shape index (κ3) is 7.32. The molecule has 0 unspecified atom stereocenters. The first-order chi connectivity index (χ1) is 16.1. The molecule has 0 atom stereocenters. The molecule has 0 bridgehead atoms. The molecule has 2 saturated carbocycles. The van der Waals surface area contributed by atoms with Gasteiger partial charge in [0.2, 0.25) is 0 Å². The van der Waals surface area contributed by atoms with Crippen LogP contribution in [0.1, 0.15) is 84.0 Å². The van der Waals surface area contributed by atoms with Crippen LogP contribution in [0.5, 0.6) is 11.5 Å². The van der Waals surface area contributed by atoms with Crippen LogP contribution in [0.15, 0.2) is 24.3 Å². The van der Waals surface area contributed by atoms with Crippen LogP contribution in [0, 0.1) is 23.7 Å². The predicted octanol–water partition coefficient (Wildman–Crippen LogP) is 8.32. The van der Waals surface area contributed by atoms with Crippen molar-refractivity contribution in [2.45, 2.75) is 96.3 Å². The van der Waals surface area contributed by atoms with Crippen LogP contribution in [0.3, 0.4) is 0 Å². The molecule has 1 aromatic carbocycles. The number of hydrogen-bond acceptors (Lipinski definition) is 3. The van der Waals surface area contributed by atoms with E-state index in [-0.39, 0.29) is 17.6 Å². The summed E-state index contributed by atoms with van der Waals surface area (Å²) in [5, 5.41) is 0. The molecule has 0 heterocycles. The second kappa shape index (κ2) is 11.7. The zero-order chi connectivity index (χ0) is 24.8. The highest BCUT2D eigenvalue weighted by molar-refractivity contribution is 5.75. The van der Waals surface area contributed by atoms with Crippen molar-refractivity contribution in [3.63, 3.8) is 0 Å². The van der Waals surface area contributed by atoms with Crippen LogP contribution in [0.25, 0.3) is 0 Å². The average Bonchev–Trinajstić information content (AvgIpc) is 2.80. The molecular formula is C26H35F5O3. The molecule has 3 nitrogen and oxygen atoms in total. The molecule has 0 aromatic heterocycles. The number of rotatable bonds is 9. The van der Waals surface area contributed by atoms with Crippen LogP contribution in [-0.4, -0.2) is 18.3 Å². The Balaban J connectivity index is 1.40. The minimum absolute atomic E-state index is 0.0937. The van der Waals surface area contributed by atoms with Crippen molar-refractivity contribution in [1.29, 1.82) is 0 Å². The van der Waals surface area contributed by atoms with Crippen molar-refractivity contribution < 1.29 is 36.2 Å². The van der Waals surface area contributed by atoms with Crippen LogP contribution in [0.4, 0.5) is 22.0 Å². The summed E-state index contributed by atoms with van der Waals surface area (Å²) in [6.07, 6.45) is 2.95. The molecule has 0 aliphatic heterocycles. The van der Waals surface area contributed by atoms with Gasteiger partial charge in [0, 0.05) is 0 Å². The van der Waals surface area contributed by atoms with Crippen LogP contribution < -0.4 is 9.47 Å². The van der Waals surface area contributed by atoms with E-state index in [0.29, 0.717) is 5.92 Å². The maximum atomic E-state index is 13.0. The zero-order valence-corrected chi connectivity index (χ0v) is 19.7. The Morgan fingerprint density at radius 2 is 1.35 bits per heavy atom. The second-order valence-corrected chi connectivity index (χ2v) is 9.90. The molecule has 8 heteroatoms. The summed E-state index contributed by atoms with van der Waals surface area (Å²) < 4.78 is 71.8. The van der Waals surface area contributed by atoms with Gasteiger partial charge in [0.1, 0.15) is 11.5 Å². The number of unbranched alkanes of at least 4 members (excludes halogenated alkanes) is 2. The van der Waals surface area contributed by atoms with Crippen molar-refractivity contribution in [3.05, 3.63) is 24.3 Å². The van der Waals surface area contributed by atoms with Crippen molar-refractivity contribution in [3.8, 4) is 11.5 Å². The molecule has 3 rings (SSSR count). The monoisotopic (exact) mass is 490 g/mol. The number of hydrogen-bond donors (Lipinski definition) is 0. The lowest BCUT2D eigenvalue weighted by atomic mass is 9.68. The lowest BCUT2D eigenvalue weighted by Gasteiger charge is -2.37. The molecule has 0 N–H and O–H groups in total. The second-order valence-electron chi connectivity index (χ2n) is 9.90. The largest absolute Gasteiger partial charge is 0.499 e. The Kier molecular flexibility index (Phi) is 9.21. The first kappa shape index (κ1) is 26.7. The summed E-state index contributed by atoms with van der Waals surface area (Å²) >= 11 is 0. The molecule has 2 fully saturated rings. The van der Waals surface area contributed by atoms with Gasteiger partial charge in [0.25, 0.3) is 0 Å². The minimum atomic E-state index is -5.81. The van der Waals surface area contributed by atoms with Crippen molar-refractivity contribution >= 4 is 5.97 Å². The summed E-state index contributed by atoms with van der Waals surface area (Å²) in [6, 6.07) is 4.17. The molecule has 1 aromatic rings.